The molecule has 1 aliphatic heterocycles. The summed E-state index contributed by atoms with van der Waals surface area (Å²) in [6.45, 7) is 2.10. The molecule has 2 aliphatic rings. The second-order valence-corrected chi connectivity index (χ2v) is 5.49. The van der Waals surface area contributed by atoms with Gasteiger partial charge in [0.2, 0.25) is 0 Å². The van der Waals surface area contributed by atoms with Gasteiger partial charge in [-0.3, -0.25) is 9.69 Å². The van der Waals surface area contributed by atoms with Gasteiger partial charge in [0.05, 0.1) is 6.42 Å². The summed E-state index contributed by atoms with van der Waals surface area (Å²) >= 11 is 0. The fourth-order valence-electron chi connectivity index (χ4n) is 3.38. The number of carbonyl (C=O) groups is 1. The highest BCUT2D eigenvalue weighted by Gasteiger charge is 2.32. The number of carboxylic acid groups (broad SMARTS) is 1. The second-order valence-electron chi connectivity index (χ2n) is 5.49. The van der Waals surface area contributed by atoms with Crippen molar-refractivity contribution in [1.29, 1.82) is 0 Å². The third kappa shape index (κ3) is 2.15. The Kier molecular flexibility index (Phi) is 3.08. The first kappa shape index (κ1) is 11.7. The van der Waals surface area contributed by atoms with Gasteiger partial charge >= 0.3 is 5.97 Å². The molecule has 1 aliphatic carbocycles. The van der Waals surface area contributed by atoms with Crippen LogP contribution in [0.25, 0.3) is 0 Å². The van der Waals surface area contributed by atoms with Gasteiger partial charge in [-0.1, -0.05) is 24.3 Å². The molecule has 1 aromatic carbocycles. The van der Waals surface area contributed by atoms with E-state index in [1.165, 1.54) is 11.1 Å². The van der Waals surface area contributed by atoms with Crippen LogP contribution in [0.5, 0.6) is 0 Å². The lowest BCUT2D eigenvalue weighted by molar-refractivity contribution is -0.138. The number of benzene rings is 1. The highest BCUT2D eigenvalue weighted by molar-refractivity contribution is 5.67. The van der Waals surface area contributed by atoms with Crippen LogP contribution < -0.4 is 0 Å². The Hall–Kier alpha value is -1.35. The van der Waals surface area contributed by atoms with E-state index in [-0.39, 0.29) is 6.04 Å². The van der Waals surface area contributed by atoms with E-state index in [0.29, 0.717) is 12.3 Å². The topological polar surface area (TPSA) is 40.5 Å². The largest absolute Gasteiger partial charge is 0.481 e. The fraction of sp³-hybridized carbons (Fsp3) is 0.533. The average molecular weight is 245 g/mol. The molecule has 3 heteroatoms. The molecule has 0 spiro atoms. The predicted molar refractivity (Wildman–Crippen MR) is 69.7 cm³/mol. The van der Waals surface area contributed by atoms with Gasteiger partial charge < -0.3 is 5.11 Å². The van der Waals surface area contributed by atoms with E-state index in [1.54, 1.807) is 0 Å². The SMILES string of the molecule is O=C(O)CC1CCCN1CC1Cc2ccccc21. The Morgan fingerprint density at radius 1 is 1.39 bits per heavy atom. The molecule has 0 amide bonds. The molecule has 18 heavy (non-hydrogen) atoms. The molecule has 1 fully saturated rings. The van der Waals surface area contributed by atoms with Crippen LogP contribution in [0.1, 0.15) is 36.3 Å². The zero-order valence-corrected chi connectivity index (χ0v) is 10.5. The van der Waals surface area contributed by atoms with Crippen LogP contribution in [0.2, 0.25) is 0 Å². The predicted octanol–water partition coefficient (Wildman–Crippen LogP) is 2.27. The molecule has 96 valence electrons. The molecule has 1 aromatic rings. The molecule has 3 rings (SSSR count). The van der Waals surface area contributed by atoms with Crippen molar-refractivity contribution in [3.63, 3.8) is 0 Å². The molecular weight excluding hydrogens is 226 g/mol. The number of hydrogen-bond acceptors (Lipinski definition) is 2. The zero-order chi connectivity index (χ0) is 12.5. The maximum atomic E-state index is 10.8. The minimum Gasteiger partial charge on any atom is -0.481 e. The Balaban J connectivity index is 1.62. The summed E-state index contributed by atoms with van der Waals surface area (Å²) < 4.78 is 0. The summed E-state index contributed by atoms with van der Waals surface area (Å²) in [6, 6.07) is 8.87. The van der Waals surface area contributed by atoms with Gasteiger partial charge in [0.1, 0.15) is 0 Å². The van der Waals surface area contributed by atoms with Crippen molar-refractivity contribution in [2.24, 2.45) is 0 Å². The van der Waals surface area contributed by atoms with E-state index >= 15 is 0 Å². The third-order valence-electron chi connectivity index (χ3n) is 4.33. The van der Waals surface area contributed by atoms with Gasteiger partial charge in [0, 0.05) is 18.5 Å². The average Bonchev–Trinajstić information content (AvgIpc) is 2.72. The number of carboxylic acids is 1. The second kappa shape index (κ2) is 4.73. The molecular formula is C15H19NO2. The molecule has 1 heterocycles. The number of nitrogens with zero attached hydrogens (tertiary/aromatic N) is 1. The Labute approximate surface area is 107 Å². The molecule has 3 nitrogen and oxygen atoms in total. The summed E-state index contributed by atoms with van der Waals surface area (Å²) in [5.74, 6) is -0.0449. The number of likely N-dealkylation sites (tertiary alicyclic amines) is 1. The summed E-state index contributed by atoms with van der Waals surface area (Å²) in [6.07, 6.45) is 3.65. The van der Waals surface area contributed by atoms with Gasteiger partial charge in [-0.05, 0) is 36.9 Å². The summed E-state index contributed by atoms with van der Waals surface area (Å²) in [4.78, 5) is 13.2. The van der Waals surface area contributed by atoms with Crippen molar-refractivity contribution in [2.45, 2.75) is 37.6 Å². The summed E-state index contributed by atoms with van der Waals surface area (Å²) in [7, 11) is 0. The lowest BCUT2D eigenvalue weighted by atomic mass is 9.77. The van der Waals surface area contributed by atoms with Crippen molar-refractivity contribution < 1.29 is 9.90 Å². The van der Waals surface area contributed by atoms with Gasteiger partial charge in [0.15, 0.2) is 0 Å². The van der Waals surface area contributed by atoms with Crippen molar-refractivity contribution in [3.05, 3.63) is 35.4 Å². The first-order valence-electron chi connectivity index (χ1n) is 6.77. The summed E-state index contributed by atoms with van der Waals surface area (Å²) in [5.41, 5.74) is 2.94. The third-order valence-corrected chi connectivity index (χ3v) is 4.33. The van der Waals surface area contributed by atoms with Gasteiger partial charge in [-0.2, -0.15) is 0 Å². The van der Waals surface area contributed by atoms with Gasteiger partial charge in [0.25, 0.3) is 0 Å². The number of fused-ring (bicyclic) bond motifs is 1. The van der Waals surface area contributed by atoms with Gasteiger partial charge in [-0.15, -0.1) is 0 Å². The molecule has 0 saturated carbocycles. The van der Waals surface area contributed by atoms with Crippen molar-refractivity contribution in [1.82, 2.24) is 4.90 Å². The standard InChI is InChI=1S/C15H19NO2/c17-15(18)9-13-5-3-7-16(13)10-12-8-11-4-1-2-6-14(11)12/h1-2,4,6,12-13H,3,5,7-10H2,(H,17,18). The van der Waals surface area contributed by atoms with E-state index in [1.807, 2.05) is 0 Å². The fourth-order valence-corrected chi connectivity index (χ4v) is 3.38. The smallest absolute Gasteiger partial charge is 0.304 e. The molecule has 1 saturated heterocycles. The van der Waals surface area contributed by atoms with E-state index < -0.39 is 5.97 Å². The minimum absolute atomic E-state index is 0.260. The molecule has 0 radical (unpaired) electrons. The lowest BCUT2D eigenvalue weighted by Gasteiger charge is -2.35. The monoisotopic (exact) mass is 245 g/mol. The molecule has 0 aromatic heterocycles. The molecule has 2 unspecified atom stereocenters. The molecule has 1 N–H and O–H groups in total. The van der Waals surface area contributed by atoms with Gasteiger partial charge in [-0.25, -0.2) is 0 Å². The van der Waals surface area contributed by atoms with Crippen LogP contribution in [0.4, 0.5) is 0 Å². The first-order chi connectivity index (χ1) is 8.74. The summed E-state index contributed by atoms with van der Waals surface area (Å²) in [5, 5.41) is 8.93. The quantitative estimate of drug-likeness (QED) is 0.884. The Morgan fingerprint density at radius 3 is 3.00 bits per heavy atom. The van der Waals surface area contributed by atoms with Crippen LogP contribution in [-0.2, 0) is 11.2 Å². The number of hydrogen-bond donors (Lipinski definition) is 1. The normalized spacial score (nSPS) is 26.7. The van der Waals surface area contributed by atoms with Crippen molar-refractivity contribution >= 4 is 5.97 Å². The van der Waals surface area contributed by atoms with Crippen LogP contribution in [0.15, 0.2) is 24.3 Å². The lowest BCUT2D eigenvalue weighted by Crippen LogP contribution is -2.37. The van der Waals surface area contributed by atoms with Crippen LogP contribution in [-0.4, -0.2) is 35.1 Å². The number of rotatable bonds is 4. The van der Waals surface area contributed by atoms with Crippen LogP contribution in [0, 0.1) is 0 Å². The Morgan fingerprint density at radius 2 is 2.22 bits per heavy atom. The van der Waals surface area contributed by atoms with E-state index in [2.05, 4.69) is 29.2 Å². The molecule has 0 bridgehead atoms. The van der Waals surface area contributed by atoms with E-state index in [4.69, 9.17) is 5.11 Å². The van der Waals surface area contributed by atoms with Crippen LogP contribution >= 0.6 is 0 Å². The van der Waals surface area contributed by atoms with Crippen LogP contribution in [0.3, 0.4) is 0 Å². The zero-order valence-electron chi connectivity index (χ0n) is 10.5. The van der Waals surface area contributed by atoms with E-state index in [0.717, 1.165) is 32.4 Å². The van der Waals surface area contributed by atoms with E-state index in [9.17, 15) is 4.79 Å². The molecule has 2 atom stereocenters. The minimum atomic E-state index is -0.666. The first-order valence-corrected chi connectivity index (χ1v) is 6.77. The van der Waals surface area contributed by atoms with Crippen molar-refractivity contribution in [2.75, 3.05) is 13.1 Å². The van der Waals surface area contributed by atoms with Crippen molar-refractivity contribution in [3.8, 4) is 0 Å². The number of aliphatic carboxylic acids is 1. The highest BCUT2D eigenvalue weighted by Crippen LogP contribution is 2.36. The maximum absolute atomic E-state index is 10.8. The highest BCUT2D eigenvalue weighted by atomic mass is 16.4. The maximum Gasteiger partial charge on any atom is 0.304 e. The Bertz CT molecular complexity index is 458.